The lowest BCUT2D eigenvalue weighted by Gasteiger charge is -2.18. The van der Waals surface area contributed by atoms with Crippen LogP contribution in [-0.4, -0.2) is 57.7 Å². The summed E-state index contributed by atoms with van der Waals surface area (Å²) < 4.78 is 10.8. The topological polar surface area (TPSA) is 67.9 Å². The van der Waals surface area contributed by atoms with Crippen LogP contribution in [0.1, 0.15) is 10.4 Å². The molecule has 0 saturated heterocycles. The van der Waals surface area contributed by atoms with Gasteiger partial charge in [-0.05, 0) is 18.2 Å². The Bertz CT molecular complexity index is 508. The maximum atomic E-state index is 12.3. The van der Waals surface area contributed by atoms with Crippen molar-refractivity contribution in [3.63, 3.8) is 0 Å². The molecule has 1 aromatic carbocycles. The van der Waals surface area contributed by atoms with Gasteiger partial charge in [-0.3, -0.25) is 9.59 Å². The van der Waals surface area contributed by atoms with Gasteiger partial charge >= 0.3 is 0 Å². The van der Waals surface area contributed by atoms with Gasteiger partial charge in [0.05, 0.1) is 25.8 Å². The van der Waals surface area contributed by atoms with Crippen LogP contribution in [-0.2, 0) is 9.53 Å². The van der Waals surface area contributed by atoms with Gasteiger partial charge in [0.2, 0.25) is 5.91 Å². The third-order valence-corrected chi connectivity index (χ3v) is 3.24. The maximum absolute atomic E-state index is 12.3. The molecule has 0 aliphatic heterocycles. The second kappa shape index (κ2) is 8.63. The summed E-state index contributed by atoms with van der Waals surface area (Å²) >= 11 is 3.32. The van der Waals surface area contributed by atoms with Crippen LogP contribution in [0.4, 0.5) is 0 Å². The van der Waals surface area contributed by atoms with Crippen molar-refractivity contribution in [3.05, 3.63) is 28.2 Å². The van der Waals surface area contributed by atoms with E-state index in [1.54, 1.807) is 32.4 Å². The Hall–Kier alpha value is -1.60. The molecule has 0 unspecified atom stereocenters. The van der Waals surface area contributed by atoms with E-state index >= 15 is 0 Å². The number of ether oxygens (including phenoxy) is 2. The molecule has 0 aromatic heterocycles. The van der Waals surface area contributed by atoms with Gasteiger partial charge in [0, 0.05) is 25.2 Å². The number of hydrogen-bond acceptors (Lipinski definition) is 4. The summed E-state index contributed by atoms with van der Waals surface area (Å²) in [5.41, 5.74) is 0.410. The zero-order valence-electron chi connectivity index (χ0n) is 12.3. The van der Waals surface area contributed by atoms with Crippen LogP contribution >= 0.6 is 15.9 Å². The van der Waals surface area contributed by atoms with E-state index in [4.69, 9.17) is 9.47 Å². The molecule has 6 nitrogen and oxygen atoms in total. The van der Waals surface area contributed by atoms with E-state index in [9.17, 15) is 9.59 Å². The molecule has 7 heteroatoms. The smallest absolute Gasteiger partial charge is 0.257 e. The number of likely N-dealkylation sites (N-methyl/N-ethyl adjacent to an activating group) is 1. The average Bonchev–Trinajstić information content (AvgIpc) is 2.46. The summed E-state index contributed by atoms with van der Waals surface area (Å²) in [5.74, 6) is -0.0544. The van der Waals surface area contributed by atoms with Crippen LogP contribution in [0.15, 0.2) is 22.7 Å². The third kappa shape index (κ3) is 5.35. The SMILES string of the molecule is COCCNC(=O)CN(C)C(=O)c1ccc(Br)cc1OC. The number of hydrogen-bond donors (Lipinski definition) is 1. The Morgan fingerprint density at radius 3 is 2.67 bits per heavy atom. The molecule has 0 aliphatic rings. The standard InChI is InChI=1S/C14H19BrN2O4/c1-17(9-13(18)16-6-7-20-2)14(19)11-5-4-10(15)8-12(11)21-3/h4-5,8H,6-7,9H2,1-3H3,(H,16,18). The van der Waals surface area contributed by atoms with Gasteiger partial charge in [0.1, 0.15) is 5.75 Å². The molecule has 0 saturated carbocycles. The van der Waals surface area contributed by atoms with Crippen LogP contribution in [0.2, 0.25) is 0 Å². The predicted molar refractivity (Wildman–Crippen MR) is 82.5 cm³/mol. The summed E-state index contributed by atoms with van der Waals surface area (Å²) in [6.07, 6.45) is 0. The molecule has 0 heterocycles. The van der Waals surface area contributed by atoms with E-state index in [1.165, 1.54) is 12.0 Å². The van der Waals surface area contributed by atoms with E-state index in [0.717, 1.165) is 4.47 Å². The Morgan fingerprint density at radius 1 is 1.33 bits per heavy atom. The number of carbonyl (C=O) groups is 2. The van der Waals surface area contributed by atoms with E-state index in [2.05, 4.69) is 21.2 Å². The van der Waals surface area contributed by atoms with Crippen LogP contribution in [0.3, 0.4) is 0 Å². The van der Waals surface area contributed by atoms with E-state index < -0.39 is 0 Å². The molecular formula is C14H19BrN2O4. The van der Waals surface area contributed by atoms with E-state index in [0.29, 0.717) is 24.5 Å². The molecule has 0 aliphatic carbocycles. The molecule has 1 aromatic rings. The first-order valence-corrected chi connectivity index (χ1v) is 7.13. The van der Waals surface area contributed by atoms with Gasteiger partial charge in [0.25, 0.3) is 5.91 Å². The van der Waals surface area contributed by atoms with Crippen molar-refractivity contribution in [2.24, 2.45) is 0 Å². The molecule has 1 N–H and O–H groups in total. The van der Waals surface area contributed by atoms with Crippen molar-refractivity contribution < 1.29 is 19.1 Å². The van der Waals surface area contributed by atoms with Crippen LogP contribution in [0, 0.1) is 0 Å². The average molecular weight is 359 g/mol. The number of nitrogens with zero attached hydrogens (tertiary/aromatic N) is 1. The van der Waals surface area contributed by atoms with Crippen LogP contribution in [0.25, 0.3) is 0 Å². The highest BCUT2D eigenvalue weighted by Crippen LogP contribution is 2.24. The van der Waals surface area contributed by atoms with Crippen molar-refractivity contribution in [3.8, 4) is 5.75 Å². The number of rotatable bonds is 7. The molecule has 116 valence electrons. The molecule has 1 rings (SSSR count). The fraction of sp³-hybridized carbons (Fsp3) is 0.429. The number of nitrogens with one attached hydrogen (secondary N) is 1. The van der Waals surface area contributed by atoms with E-state index in [1.807, 2.05) is 0 Å². The second-order valence-electron chi connectivity index (χ2n) is 4.35. The van der Waals surface area contributed by atoms with Gasteiger partial charge in [-0.1, -0.05) is 15.9 Å². The molecule has 21 heavy (non-hydrogen) atoms. The number of amides is 2. The van der Waals surface area contributed by atoms with Crippen molar-refractivity contribution in [2.45, 2.75) is 0 Å². The highest BCUT2D eigenvalue weighted by molar-refractivity contribution is 9.10. The number of benzene rings is 1. The molecule has 0 spiro atoms. The normalized spacial score (nSPS) is 10.1. The Balaban J connectivity index is 2.68. The zero-order valence-corrected chi connectivity index (χ0v) is 13.9. The third-order valence-electron chi connectivity index (χ3n) is 2.75. The molecule has 0 radical (unpaired) electrons. The monoisotopic (exact) mass is 358 g/mol. The summed E-state index contributed by atoms with van der Waals surface area (Å²) in [7, 11) is 4.62. The van der Waals surface area contributed by atoms with Gasteiger partial charge in [-0.15, -0.1) is 0 Å². The van der Waals surface area contributed by atoms with E-state index in [-0.39, 0.29) is 18.4 Å². The quantitative estimate of drug-likeness (QED) is 0.745. The lowest BCUT2D eigenvalue weighted by Crippen LogP contribution is -2.39. The number of halogens is 1. The van der Waals surface area contributed by atoms with Gasteiger partial charge < -0.3 is 19.7 Å². The largest absolute Gasteiger partial charge is 0.496 e. The van der Waals surface area contributed by atoms with Gasteiger partial charge in [-0.25, -0.2) is 0 Å². The summed E-state index contributed by atoms with van der Waals surface area (Å²) in [4.78, 5) is 25.3. The minimum atomic E-state index is -0.277. The highest BCUT2D eigenvalue weighted by Gasteiger charge is 2.18. The minimum Gasteiger partial charge on any atom is -0.496 e. The fourth-order valence-electron chi connectivity index (χ4n) is 1.68. The van der Waals surface area contributed by atoms with Gasteiger partial charge in [-0.2, -0.15) is 0 Å². The minimum absolute atomic E-state index is 0.0260. The van der Waals surface area contributed by atoms with Crippen molar-refractivity contribution in [2.75, 3.05) is 41.0 Å². The highest BCUT2D eigenvalue weighted by atomic mass is 79.9. The Kier molecular flexibility index (Phi) is 7.18. The van der Waals surface area contributed by atoms with Gasteiger partial charge in [0.15, 0.2) is 0 Å². The second-order valence-corrected chi connectivity index (χ2v) is 5.26. The van der Waals surface area contributed by atoms with Crippen LogP contribution < -0.4 is 10.1 Å². The Labute approximate surface area is 132 Å². The zero-order chi connectivity index (χ0) is 15.8. The summed E-state index contributed by atoms with van der Waals surface area (Å²) in [6.45, 7) is 0.824. The maximum Gasteiger partial charge on any atom is 0.257 e. The lowest BCUT2D eigenvalue weighted by molar-refractivity contribution is -0.121. The number of methoxy groups -OCH3 is 2. The molecule has 0 atom stereocenters. The first-order chi connectivity index (χ1) is 9.99. The summed E-state index contributed by atoms with van der Waals surface area (Å²) in [6, 6.07) is 5.12. The van der Waals surface area contributed by atoms with Crippen LogP contribution in [0.5, 0.6) is 5.75 Å². The molecular weight excluding hydrogens is 340 g/mol. The van der Waals surface area contributed by atoms with Crippen molar-refractivity contribution in [1.82, 2.24) is 10.2 Å². The fourth-order valence-corrected chi connectivity index (χ4v) is 2.02. The first-order valence-electron chi connectivity index (χ1n) is 6.34. The first kappa shape index (κ1) is 17.5. The molecule has 0 bridgehead atoms. The predicted octanol–water partition coefficient (Wildman–Crippen LogP) is 1.29. The lowest BCUT2D eigenvalue weighted by atomic mass is 10.2. The Morgan fingerprint density at radius 2 is 2.05 bits per heavy atom. The van der Waals surface area contributed by atoms with Crippen molar-refractivity contribution >= 4 is 27.7 Å². The summed E-state index contributed by atoms with van der Waals surface area (Å²) in [5, 5.41) is 2.66. The molecule has 0 fully saturated rings. The molecule has 2 amide bonds. The number of carbonyl (C=O) groups excluding carboxylic acids is 2. The van der Waals surface area contributed by atoms with Crippen molar-refractivity contribution in [1.29, 1.82) is 0 Å².